The van der Waals surface area contributed by atoms with Crippen LogP contribution >= 0.6 is 11.6 Å². The summed E-state index contributed by atoms with van der Waals surface area (Å²) in [6, 6.07) is 15.7. The second-order valence-electron chi connectivity index (χ2n) is 7.83. The molecule has 1 aromatic heterocycles. The number of para-hydroxylation sites is 1. The molecule has 4 rings (SSSR count). The van der Waals surface area contributed by atoms with Crippen LogP contribution in [0.2, 0.25) is 5.02 Å². The van der Waals surface area contributed by atoms with Gasteiger partial charge in [0.25, 0.3) is 5.91 Å². The molecule has 1 N–H and O–H groups in total. The zero-order chi connectivity index (χ0) is 22.9. The third kappa shape index (κ3) is 4.09. The number of rotatable bonds is 6. The molecule has 9 heteroatoms. The van der Waals surface area contributed by atoms with Crippen molar-refractivity contribution in [2.24, 2.45) is 0 Å². The molecule has 1 atom stereocenters. The van der Waals surface area contributed by atoms with Gasteiger partial charge < -0.3 is 10.2 Å². The van der Waals surface area contributed by atoms with Crippen molar-refractivity contribution in [3.63, 3.8) is 0 Å². The first-order valence-electron chi connectivity index (χ1n) is 10.0. The first-order chi connectivity index (χ1) is 15.3. The largest absolute Gasteiger partial charge is 0.340 e. The lowest BCUT2D eigenvalue weighted by atomic mass is 9.92. The highest BCUT2D eigenvalue weighted by Crippen LogP contribution is 2.29. The van der Waals surface area contributed by atoms with Crippen molar-refractivity contribution in [3.8, 4) is 5.69 Å². The summed E-state index contributed by atoms with van der Waals surface area (Å²) in [5.41, 5.74) is 1.08. The molecular formula is C23H22ClN5O3. The maximum absolute atomic E-state index is 13.0. The Morgan fingerprint density at radius 1 is 1.12 bits per heavy atom. The zero-order valence-corrected chi connectivity index (χ0v) is 18.4. The SMILES string of the molecule is CN(Cc1cnn(-c2ccccc2)c1)C(=O)CN1C(=O)NC(C)(c2ccc(Cl)cc2)C1=O. The molecule has 32 heavy (non-hydrogen) atoms. The summed E-state index contributed by atoms with van der Waals surface area (Å²) in [5.74, 6) is -0.843. The van der Waals surface area contributed by atoms with E-state index in [-0.39, 0.29) is 12.5 Å². The van der Waals surface area contributed by atoms with Gasteiger partial charge in [-0.1, -0.05) is 41.9 Å². The van der Waals surface area contributed by atoms with E-state index in [4.69, 9.17) is 11.6 Å². The van der Waals surface area contributed by atoms with Gasteiger partial charge in [-0.05, 0) is 36.8 Å². The van der Waals surface area contributed by atoms with Crippen molar-refractivity contribution in [1.29, 1.82) is 0 Å². The highest BCUT2D eigenvalue weighted by molar-refractivity contribution is 6.30. The van der Waals surface area contributed by atoms with E-state index < -0.39 is 17.5 Å². The van der Waals surface area contributed by atoms with Gasteiger partial charge in [0.05, 0.1) is 11.9 Å². The van der Waals surface area contributed by atoms with Crippen molar-refractivity contribution in [3.05, 3.63) is 83.1 Å². The number of hydrogen-bond donors (Lipinski definition) is 1. The predicted octanol–water partition coefficient (Wildman–Crippen LogP) is 2.95. The molecule has 3 aromatic rings. The number of carbonyl (C=O) groups is 3. The average Bonchev–Trinajstić information content (AvgIpc) is 3.33. The summed E-state index contributed by atoms with van der Waals surface area (Å²) in [4.78, 5) is 40.7. The molecule has 0 bridgehead atoms. The fourth-order valence-corrected chi connectivity index (χ4v) is 3.73. The van der Waals surface area contributed by atoms with E-state index in [9.17, 15) is 14.4 Å². The van der Waals surface area contributed by atoms with Crippen LogP contribution in [0.1, 0.15) is 18.1 Å². The highest BCUT2D eigenvalue weighted by atomic mass is 35.5. The van der Waals surface area contributed by atoms with Crippen LogP contribution in [0.25, 0.3) is 5.69 Å². The Morgan fingerprint density at radius 2 is 1.81 bits per heavy atom. The van der Waals surface area contributed by atoms with E-state index in [0.29, 0.717) is 17.1 Å². The van der Waals surface area contributed by atoms with Crippen molar-refractivity contribution in [2.45, 2.75) is 19.0 Å². The fraction of sp³-hybridized carbons (Fsp3) is 0.217. The molecule has 2 aromatic carbocycles. The minimum absolute atomic E-state index is 0.295. The molecule has 164 valence electrons. The second-order valence-corrected chi connectivity index (χ2v) is 8.27. The van der Waals surface area contributed by atoms with Gasteiger partial charge in [0.1, 0.15) is 12.1 Å². The molecule has 0 aliphatic carbocycles. The van der Waals surface area contributed by atoms with Crippen LogP contribution in [0.15, 0.2) is 67.0 Å². The van der Waals surface area contributed by atoms with Gasteiger partial charge in [-0.25, -0.2) is 9.48 Å². The van der Waals surface area contributed by atoms with E-state index in [0.717, 1.165) is 16.2 Å². The molecule has 0 saturated carbocycles. The van der Waals surface area contributed by atoms with Gasteiger partial charge in [0, 0.05) is 30.4 Å². The first kappa shape index (κ1) is 21.6. The van der Waals surface area contributed by atoms with Crippen molar-refractivity contribution < 1.29 is 14.4 Å². The molecule has 1 saturated heterocycles. The minimum atomic E-state index is -1.25. The highest BCUT2D eigenvalue weighted by Gasteiger charge is 2.49. The Kier molecular flexibility index (Phi) is 5.71. The summed E-state index contributed by atoms with van der Waals surface area (Å²) in [5, 5.41) is 7.54. The lowest BCUT2D eigenvalue weighted by Gasteiger charge is -2.23. The standard InChI is InChI=1S/C23H22ClN5O3/c1-23(17-8-10-18(24)11-9-17)21(31)28(22(32)26-23)15-20(30)27(2)13-16-12-25-29(14-16)19-6-4-3-5-7-19/h3-12,14H,13,15H2,1-2H3,(H,26,32). The summed E-state index contributed by atoms with van der Waals surface area (Å²) >= 11 is 5.93. The Balaban J connectivity index is 1.42. The number of aromatic nitrogens is 2. The predicted molar refractivity (Wildman–Crippen MR) is 119 cm³/mol. The van der Waals surface area contributed by atoms with Crippen molar-refractivity contribution in [1.82, 2.24) is 24.9 Å². The number of halogens is 1. The van der Waals surface area contributed by atoms with Crippen LogP contribution in [-0.4, -0.2) is 51.0 Å². The summed E-state index contributed by atoms with van der Waals surface area (Å²) in [6.45, 7) is 1.56. The molecule has 1 unspecified atom stereocenters. The molecule has 4 amide bonds. The van der Waals surface area contributed by atoms with Crippen molar-refractivity contribution in [2.75, 3.05) is 13.6 Å². The van der Waals surface area contributed by atoms with Crippen LogP contribution in [-0.2, 0) is 21.7 Å². The zero-order valence-electron chi connectivity index (χ0n) is 17.7. The number of carbonyl (C=O) groups excluding carboxylic acids is 3. The normalized spacial score (nSPS) is 18.0. The third-order valence-corrected chi connectivity index (χ3v) is 5.74. The molecule has 0 radical (unpaired) electrons. The number of hydrogen-bond acceptors (Lipinski definition) is 4. The summed E-state index contributed by atoms with van der Waals surface area (Å²) < 4.78 is 1.72. The number of amides is 4. The van der Waals surface area contributed by atoms with Gasteiger partial charge >= 0.3 is 6.03 Å². The number of imide groups is 1. The minimum Gasteiger partial charge on any atom is -0.340 e. The van der Waals surface area contributed by atoms with E-state index >= 15 is 0 Å². The van der Waals surface area contributed by atoms with Gasteiger partial charge in [-0.15, -0.1) is 0 Å². The number of nitrogens with one attached hydrogen (secondary N) is 1. The quantitative estimate of drug-likeness (QED) is 0.584. The monoisotopic (exact) mass is 451 g/mol. The lowest BCUT2D eigenvalue weighted by Crippen LogP contribution is -2.43. The molecule has 1 aliphatic heterocycles. The van der Waals surface area contributed by atoms with Gasteiger partial charge in [0.2, 0.25) is 5.91 Å². The molecule has 2 heterocycles. The number of benzene rings is 2. The van der Waals surface area contributed by atoms with Crippen LogP contribution in [0.4, 0.5) is 4.79 Å². The van der Waals surface area contributed by atoms with Crippen LogP contribution < -0.4 is 5.32 Å². The number of nitrogens with zero attached hydrogens (tertiary/aromatic N) is 4. The Morgan fingerprint density at radius 3 is 2.50 bits per heavy atom. The maximum atomic E-state index is 13.0. The molecule has 0 spiro atoms. The van der Waals surface area contributed by atoms with Crippen LogP contribution in [0.5, 0.6) is 0 Å². The lowest BCUT2D eigenvalue weighted by molar-refractivity contribution is -0.138. The smallest absolute Gasteiger partial charge is 0.325 e. The van der Waals surface area contributed by atoms with Crippen molar-refractivity contribution >= 4 is 29.4 Å². The third-order valence-electron chi connectivity index (χ3n) is 5.49. The molecule has 1 aliphatic rings. The van der Waals surface area contributed by atoms with Crippen LogP contribution in [0.3, 0.4) is 0 Å². The van der Waals surface area contributed by atoms with Gasteiger partial charge in [0.15, 0.2) is 0 Å². The van der Waals surface area contributed by atoms with E-state index in [1.165, 1.54) is 4.90 Å². The average molecular weight is 452 g/mol. The fourth-order valence-electron chi connectivity index (χ4n) is 3.60. The van der Waals surface area contributed by atoms with E-state index in [1.807, 2.05) is 36.5 Å². The van der Waals surface area contributed by atoms with E-state index in [2.05, 4.69) is 10.4 Å². The second kappa shape index (κ2) is 8.47. The Labute approximate surface area is 190 Å². The Bertz CT molecular complexity index is 1160. The molecular weight excluding hydrogens is 430 g/mol. The number of urea groups is 1. The first-order valence-corrected chi connectivity index (χ1v) is 10.4. The Hall–Kier alpha value is -3.65. The topological polar surface area (TPSA) is 87.5 Å². The van der Waals surface area contributed by atoms with Gasteiger partial charge in [-0.2, -0.15) is 5.10 Å². The number of likely N-dealkylation sites (N-methyl/N-ethyl adjacent to an activating group) is 1. The van der Waals surface area contributed by atoms with Crippen LogP contribution in [0, 0.1) is 0 Å². The summed E-state index contributed by atoms with van der Waals surface area (Å²) in [7, 11) is 1.62. The van der Waals surface area contributed by atoms with E-state index in [1.54, 1.807) is 49.1 Å². The molecule has 1 fully saturated rings. The maximum Gasteiger partial charge on any atom is 0.325 e. The molecule has 8 nitrogen and oxygen atoms in total. The van der Waals surface area contributed by atoms with Gasteiger partial charge in [-0.3, -0.25) is 14.5 Å². The summed E-state index contributed by atoms with van der Waals surface area (Å²) in [6.07, 6.45) is 3.52.